The molecular weight excluding hydrogens is 685 g/mol. The molecule has 0 amide bonds. The molecule has 1 unspecified atom stereocenters. The third-order valence-electron chi connectivity index (χ3n) is 9.48. The molecule has 0 aliphatic rings. The van der Waals surface area contributed by atoms with Gasteiger partial charge in [-0.25, -0.2) is 0 Å². The van der Waals surface area contributed by atoms with Crippen LogP contribution in [0.25, 0.3) is 0 Å². The Kier molecular flexibility index (Phi) is 41.5. The zero-order chi connectivity index (χ0) is 40.1. The highest BCUT2D eigenvalue weighted by molar-refractivity contribution is 5.71. The second-order valence-electron chi connectivity index (χ2n) is 14.9. The summed E-state index contributed by atoms with van der Waals surface area (Å²) in [5, 5.41) is 0. The van der Waals surface area contributed by atoms with Crippen molar-refractivity contribution < 1.29 is 28.6 Å². The van der Waals surface area contributed by atoms with Gasteiger partial charge in [0.1, 0.15) is 13.2 Å². The summed E-state index contributed by atoms with van der Waals surface area (Å²) >= 11 is 0. The van der Waals surface area contributed by atoms with Crippen molar-refractivity contribution in [2.24, 2.45) is 0 Å². The van der Waals surface area contributed by atoms with Gasteiger partial charge in [0.15, 0.2) is 6.10 Å². The van der Waals surface area contributed by atoms with Gasteiger partial charge in [-0.1, -0.05) is 159 Å². The first kappa shape index (κ1) is 52.1. The largest absolute Gasteiger partial charge is 0.462 e. The Morgan fingerprint density at radius 1 is 0.382 bits per heavy atom. The molecule has 316 valence electrons. The fraction of sp³-hybridized carbons (Fsp3) is 0.735. The van der Waals surface area contributed by atoms with Gasteiger partial charge in [0.25, 0.3) is 0 Å². The summed E-state index contributed by atoms with van der Waals surface area (Å²) in [7, 11) is 0. The van der Waals surface area contributed by atoms with Gasteiger partial charge in [-0.15, -0.1) is 0 Å². The monoisotopic (exact) mass is 769 g/mol. The molecule has 0 radical (unpaired) electrons. The summed E-state index contributed by atoms with van der Waals surface area (Å²) in [5.74, 6) is -0.956. The Hall–Kier alpha value is -2.89. The molecule has 0 bridgehead atoms. The number of unbranched alkanes of at least 4 members (excludes halogenated alkanes) is 19. The van der Waals surface area contributed by atoms with Gasteiger partial charge in [0.2, 0.25) is 0 Å². The number of rotatable bonds is 40. The molecule has 0 saturated heterocycles. The van der Waals surface area contributed by atoms with E-state index in [9.17, 15) is 14.4 Å². The van der Waals surface area contributed by atoms with Crippen LogP contribution in [-0.2, 0) is 28.6 Å². The third kappa shape index (κ3) is 42.1. The van der Waals surface area contributed by atoms with E-state index < -0.39 is 6.10 Å². The Labute approximate surface area is 339 Å². The molecule has 6 heteroatoms. The summed E-state index contributed by atoms with van der Waals surface area (Å²) in [6.07, 6.45) is 52.1. The number of hydrogen-bond donors (Lipinski definition) is 0. The van der Waals surface area contributed by atoms with Crippen LogP contribution in [0.15, 0.2) is 60.8 Å². The highest BCUT2D eigenvalue weighted by Gasteiger charge is 2.19. The summed E-state index contributed by atoms with van der Waals surface area (Å²) in [6, 6.07) is 0. The topological polar surface area (TPSA) is 78.9 Å². The predicted molar refractivity (Wildman–Crippen MR) is 233 cm³/mol. The van der Waals surface area contributed by atoms with E-state index >= 15 is 0 Å². The van der Waals surface area contributed by atoms with Crippen molar-refractivity contribution in [3.05, 3.63) is 60.8 Å². The van der Waals surface area contributed by atoms with Crippen molar-refractivity contribution in [3.8, 4) is 0 Å². The average molecular weight is 769 g/mol. The molecule has 0 aromatic carbocycles. The van der Waals surface area contributed by atoms with Crippen molar-refractivity contribution in [3.63, 3.8) is 0 Å². The lowest BCUT2D eigenvalue weighted by atomic mass is 10.1. The SMILES string of the molecule is CC/C=C\C/C=C\C/C=C\CCCCCCCCC(=O)OCC(COC(=O)CCC/C=C\CCCCCC)OC(=O)CCCCCCC/C=C\CCCCC. The first-order valence-electron chi connectivity index (χ1n) is 22.8. The van der Waals surface area contributed by atoms with Crippen molar-refractivity contribution in [2.75, 3.05) is 13.2 Å². The Balaban J connectivity index is 4.40. The van der Waals surface area contributed by atoms with E-state index in [2.05, 4.69) is 81.5 Å². The molecule has 0 aliphatic heterocycles. The Morgan fingerprint density at radius 2 is 0.727 bits per heavy atom. The first-order chi connectivity index (χ1) is 27.0. The molecule has 0 rings (SSSR count). The van der Waals surface area contributed by atoms with Crippen LogP contribution in [0.5, 0.6) is 0 Å². The van der Waals surface area contributed by atoms with Crippen LogP contribution in [0.2, 0.25) is 0 Å². The zero-order valence-electron chi connectivity index (χ0n) is 35.9. The van der Waals surface area contributed by atoms with E-state index in [1.165, 1.54) is 77.0 Å². The van der Waals surface area contributed by atoms with Gasteiger partial charge in [-0.05, 0) is 96.3 Å². The van der Waals surface area contributed by atoms with Crippen LogP contribution in [0.3, 0.4) is 0 Å². The van der Waals surface area contributed by atoms with Crippen LogP contribution >= 0.6 is 0 Å². The molecule has 0 heterocycles. The minimum Gasteiger partial charge on any atom is -0.462 e. The minimum absolute atomic E-state index is 0.0935. The van der Waals surface area contributed by atoms with Crippen molar-refractivity contribution in [1.82, 2.24) is 0 Å². The zero-order valence-corrected chi connectivity index (χ0v) is 35.9. The van der Waals surface area contributed by atoms with Crippen LogP contribution in [0.4, 0.5) is 0 Å². The molecule has 0 spiro atoms. The quantitative estimate of drug-likeness (QED) is 0.0267. The average Bonchev–Trinajstić information content (AvgIpc) is 3.18. The van der Waals surface area contributed by atoms with Gasteiger partial charge >= 0.3 is 17.9 Å². The van der Waals surface area contributed by atoms with Crippen molar-refractivity contribution in [2.45, 2.75) is 219 Å². The van der Waals surface area contributed by atoms with Gasteiger partial charge in [-0.3, -0.25) is 14.4 Å². The summed E-state index contributed by atoms with van der Waals surface area (Å²) in [4.78, 5) is 37.7. The maximum Gasteiger partial charge on any atom is 0.306 e. The van der Waals surface area contributed by atoms with Crippen LogP contribution in [0, 0.1) is 0 Å². The lowest BCUT2D eigenvalue weighted by molar-refractivity contribution is -0.167. The molecule has 0 aromatic heterocycles. The summed E-state index contributed by atoms with van der Waals surface area (Å²) in [6.45, 7) is 6.41. The smallest absolute Gasteiger partial charge is 0.306 e. The molecule has 0 aliphatic carbocycles. The highest BCUT2D eigenvalue weighted by atomic mass is 16.6. The lowest BCUT2D eigenvalue weighted by Crippen LogP contribution is -2.30. The van der Waals surface area contributed by atoms with Gasteiger partial charge < -0.3 is 14.2 Å². The Morgan fingerprint density at radius 3 is 1.24 bits per heavy atom. The van der Waals surface area contributed by atoms with E-state index in [4.69, 9.17) is 14.2 Å². The minimum atomic E-state index is -0.791. The number of carbonyl (C=O) groups excluding carboxylic acids is 3. The van der Waals surface area contributed by atoms with Crippen molar-refractivity contribution >= 4 is 17.9 Å². The maximum absolute atomic E-state index is 12.7. The van der Waals surface area contributed by atoms with Crippen LogP contribution in [0.1, 0.15) is 213 Å². The molecule has 0 saturated carbocycles. The summed E-state index contributed by atoms with van der Waals surface area (Å²) < 4.78 is 16.6. The normalized spacial score (nSPS) is 12.6. The van der Waals surface area contributed by atoms with Crippen molar-refractivity contribution in [1.29, 1.82) is 0 Å². The molecule has 0 aromatic rings. The van der Waals surface area contributed by atoms with E-state index in [-0.39, 0.29) is 31.1 Å². The number of hydrogen-bond acceptors (Lipinski definition) is 6. The van der Waals surface area contributed by atoms with Gasteiger partial charge in [0, 0.05) is 19.3 Å². The number of ether oxygens (including phenoxy) is 3. The fourth-order valence-electron chi connectivity index (χ4n) is 6.04. The van der Waals surface area contributed by atoms with Gasteiger partial charge in [0.05, 0.1) is 0 Å². The number of esters is 3. The number of carbonyl (C=O) groups is 3. The van der Waals surface area contributed by atoms with E-state index in [1.807, 2.05) is 0 Å². The highest BCUT2D eigenvalue weighted by Crippen LogP contribution is 2.13. The Bertz CT molecular complexity index is 1020. The predicted octanol–water partition coefficient (Wildman–Crippen LogP) is 14.5. The summed E-state index contributed by atoms with van der Waals surface area (Å²) in [5.41, 5.74) is 0. The third-order valence-corrected chi connectivity index (χ3v) is 9.48. The second kappa shape index (κ2) is 43.8. The first-order valence-corrected chi connectivity index (χ1v) is 22.8. The molecule has 0 fully saturated rings. The standard InChI is InChI=1S/C49H84O6/c1-4-7-10-13-16-19-21-23-24-25-26-28-30-33-36-39-42-48(51)54-45-46(44-53-47(50)41-38-35-32-29-18-15-12-9-6-3)55-49(52)43-40-37-34-31-27-22-20-17-14-11-8-5-2/h7,10,16-17,19-20,23-24,29,32,46H,4-6,8-9,11-15,18,21-22,25-28,30-31,33-45H2,1-3H3/b10-7-,19-16-,20-17-,24-23-,32-29-. The van der Waals surface area contributed by atoms with Gasteiger partial charge in [-0.2, -0.15) is 0 Å². The maximum atomic E-state index is 12.7. The second-order valence-corrected chi connectivity index (χ2v) is 14.9. The molecule has 0 N–H and O–H groups in total. The van der Waals surface area contributed by atoms with E-state index in [0.717, 1.165) is 89.9 Å². The lowest BCUT2D eigenvalue weighted by Gasteiger charge is -2.18. The fourth-order valence-corrected chi connectivity index (χ4v) is 6.04. The molecule has 1 atom stereocenters. The van der Waals surface area contributed by atoms with E-state index in [1.54, 1.807) is 0 Å². The molecule has 55 heavy (non-hydrogen) atoms. The molecule has 6 nitrogen and oxygen atoms in total. The van der Waals surface area contributed by atoms with Crippen LogP contribution in [-0.4, -0.2) is 37.2 Å². The molecular formula is C49H84O6. The number of allylic oxidation sites excluding steroid dienone is 10. The van der Waals surface area contributed by atoms with E-state index in [0.29, 0.717) is 25.7 Å². The van der Waals surface area contributed by atoms with Crippen LogP contribution < -0.4 is 0 Å².